The molecule has 4 atom stereocenters. The molecule has 0 bridgehead atoms. The molecular formula is C21H33N7O6. The molecule has 0 aliphatic carbocycles. The van der Waals surface area contributed by atoms with E-state index in [1.165, 1.54) is 6.92 Å². The number of amides is 3. The van der Waals surface area contributed by atoms with Crippen molar-refractivity contribution < 1.29 is 29.4 Å². The van der Waals surface area contributed by atoms with E-state index in [0.717, 1.165) is 5.56 Å². The third-order valence-corrected chi connectivity index (χ3v) is 4.76. The number of nitrogens with one attached hydrogen (secondary N) is 3. The highest BCUT2D eigenvalue weighted by Crippen LogP contribution is 2.03. The van der Waals surface area contributed by atoms with Crippen LogP contribution in [-0.4, -0.2) is 77.2 Å². The quantitative estimate of drug-likeness (QED) is 0.0778. The first-order valence-electron chi connectivity index (χ1n) is 10.6. The summed E-state index contributed by atoms with van der Waals surface area (Å²) >= 11 is 0. The van der Waals surface area contributed by atoms with Crippen LogP contribution in [0.4, 0.5) is 0 Å². The van der Waals surface area contributed by atoms with Gasteiger partial charge in [0.15, 0.2) is 5.96 Å². The standard InChI is InChI=1S/C21H33N7O6/c1-12(17(30)27-15(20(33)34)8-5-9-25-21(23)24)26-19(32)16(11-29)28-18(31)14(22)10-13-6-3-2-4-7-13/h2-4,6-7,12,14-16,29H,5,8-11,22H2,1H3,(H,26,32)(H,27,30)(H,28,31)(H,33,34)(H4,23,24,25). The Hall–Kier alpha value is -3.71. The summed E-state index contributed by atoms with van der Waals surface area (Å²) in [5, 5.41) is 25.8. The van der Waals surface area contributed by atoms with E-state index in [2.05, 4.69) is 20.9 Å². The van der Waals surface area contributed by atoms with Crippen LogP contribution < -0.4 is 33.2 Å². The molecule has 0 heterocycles. The number of carbonyl (C=O) groups is 4. The fourth-order valence-corrected chi connectivity index (χ4v) is 2.87. The SMILES string of the molecule is CC(NC(=O)C(CO)NC(=O)C(N)Cc1ccccc1)C(=O)NC(CCCN=C(N)N)C(=O)O. The minimum absolute atomic E-state index is 0.0626. The fraction of sp³-hybridized carbons (Fsp3) is 0.476. The van der Waals surface area contributed by atoms with Gasteiger partial charge in [-0.2, -0.15) is 0 Å². The number of carbonyl (C=O) groups excluding carboxylic acids is 3. The Morgan fingerprint density at radius 3 is 2.15 bits per heavy atom. The van der Waals surface area contributed by atoms with Gasteiger partial charge in [-0.3, -0.25) is 19.4 Å². The largest absolute Gasteiger partial charge is 0.480 e. The number of aliphatic imine (C=N–C) groups is 1. The fourth-order valence-electron chi connectivity index (χ4n) is 2.87. The lowest BCUT2D eigenvalue weighted by Gasteiger charge is -2.22. The first kappa shape index (κ1) is 28.3. The van der Waals surface area contributed by atoms with Crippen LogP contribution in [0.3, 0.4) is 0 Å². The maximum atomic E-state index is 12.4. The molecule has 0 saturated heterocycles. The first-order chi connectivity index (χ1) is 16.0. The van der Waals surface area contributed by atoms with Gasteiger partial charge in [-0.1, -0.05) is 30.3 Å². The number of aliphatic hydroxyl groups is 1. The lowest BCUT2D eigenvalue weighted by molar-refractivity contribution is -0.142. The van der Waals surface area contributed by atoms with Gasteiger partial charge in [0.25, 0.3) is 0 Å². The summed E-state index contributed by atoms with van der Waals surface area (Å²) in [4.78, 5) is 52.3. The normalized spacial score (nSPS) is 14.1. The topological polar surface area (TPSA) is 235 Å². The first-order valence-corrected chi connectivity index (χ1v) is 10.6. The second-order valence-corrected chi connectivity index (χ2v) is 7.62. The van der Waals surface area contributed by atoms with Gasteiger partial charge in [-0.25, -0.2) is 4.79 Å². The molecule has 0 saturated carbocycles. The van der Waals surface area contributed by atoms with Gasteiger partial charge >= 0.3 is 5.97 Å². The number of carboxylic acids is 1. The molecule has 4 unspecified atom stereocenters. The average Bonchev–Trinajstić information content (AvgIpc) is 2.79. The molecule has 1 aromatic rings. The molecule has 188 valence electrons. The molecular weight excluding hydrogens is 446 g/mol. The Kier molecular flexibility index (Phi) is 12.0. The van der Waals surface area contributed by atoms with E-state index in [1.807, 2.05) is 6.07 Å². The summed E-state index contributed by atoms with van der Waals surface area (Å²) < 4.78 is 0. The molecule has 0 aliphatic heterocycles. The molecule has 0 spiro atoms. The van der Waals surface area contributed by atoms with Gasteiger partial charge in [-0.15, -0.1) is 0 Å². The molecule has 1 rings (SSSR count). The number of nitrogens with two attached hydrogens (primary N) is 3. The van der Waals surface area contributed by atoms with Crippen molar-refractivity contribution in [1.82, 2.24) is 16.0 Å². The van der Waals surface area contributed by atoms with Crippen molar-refractivity contribution in [2.24, 2.45) is 22.2 Å². The van der Waals surface area contributed by atoms with Crippen molar-refractivity contribution in [3.8, 4) is 0 Å². The average molecular weight is 480 g/mol. The second kappa shape index (κ2) is 14.4. The van der Waals surface area contributed by atoms with E-state index >= 15 is 0 Å². The minimum Gasteiger partial charge on any atom is -0.480 e. The second-order valence-electron chi connectivity index (χ2n) is 7.62. The van der Waals surface area contributed by atoms with Crippen molar-refractivity contribution in [3.05, 3.63) is 35.9 Å². The number of rotatable bonds is 14. The number of carboxylic acid groups (broad SMARTS) is 1. The Morgan fingerprint density at radius 2 is 1.59 bits per heavy atom. The number of benzene rings is 1. The van der Waals surface area contributed by atoms with Crippen molar-refractivity contribution in [1.29, 1.82) is 0 Å². The van der Waals surface area contributed by atoms with E-state index in [-0.39, 0.29) is 25.3 Å². The Balaban J connectivity index is 2.59. The lowest BCUT2D eigenvalue weighted by Crippen LogP contribution is -2.57. The molecule has 0 aliphatic rings. The van der Waals surface area contributed by atoms with Gasteiger partial charge in [-0.05, 0) is 31.7 Å². The van der Waals surface area contributed by atoms with Crippen LogP contribution in [0.5, 0.6) is 0 Å². The van der Waals surface area contributed by atoms with Crippen molar-refractivity contribution >= 4 is 29.7 Å². The summed E-state index contributed by atoms with van der Waals surface area (Å²) in [6.45, 7) is 0.800. The number of aliphatic carboxylic acids is 1. The van der Waals surface area contributed by atoms with E-state index < -0.39 is 54.5 Å². The molecule has 11 N–H and O–H groups in total. The predicted octanol–water partition coefficient (Wildman–Crippen LogP) is -2.84. The Bertz CT molecular complexity index is 860. The summed E-state index contributed by atoms with van der Waals surface area (Å²) in [7, 11) is 0. The zero-order valence-corrected chi connectivity index (χ0v) is 18.9. The molecule has 34 heavy (non-hydrogen) atoms. The maximum absolute atomic E-state index is 12.4. The summed E-state index contributed by atoms with van der Waals surface area (Å²) in [6, 6.07) is 4.36. The zero-order chi connectivity index (χ0) is 25.7. The Labute approximate surface area is 197 Å². The molecule has 0 radical (unpaired) electrons. The minimum atomic E-state index is -1.35. The molecule has 3 amide bonds. The van der Waals surface area contributed by atoms with Gasteiger partial charge in [0.1, 0.15) is 18.1 Å². The van der Waals surface area contributed by atoms with Crippen LogP contribution >= 0.6 is 0 Å². The highest BCUT2D eigenvalue weighted by molar-refractivity contribution is 5.94. The third kappa shape index (κ3) is 10.3. The third-order valence-electron chi connectivity index (χ3n) is 4.76. The molecule has 13 heteroatoms. The van der Waals surface area contributed by atoms with Crippen molar-refractivity contribution in [2.75, 3.05) is 13.2 Å². The predicted molar refractivity (Wildman–Crippen MR) is 124 cm³/mol. The number of nitrogens with zero attached hydrogens (tertiary/aromatic N) is 1. The van der Waals surface area contributed by atoms with Crippen LogP contribution in [0.2, 0.25) is 0 Å². The summed E-state index contributed by atoms with van der Waals surface area (Å²) in [5.41, 5.74) is 17.1. The van der Waals surface area contributed by atoms with Gasteiger partial charge in [0.05, 0.1) is 12.6 Å². The van der Waals surface area contributed by atoms with Crippen LogP contribution in [-0.2, 0) is 25.6 Å². The van der Waals surface area contributed by atoms with E-state index in [0.29, 0.717) is 6.42 Å². The number of hydrogen-bond donors (Lipinski definition) is 8. The lowest BCUT2D eigenvalue weighted by atomic mass is 10.1. The number of hydrogen-bond acceptors (Lipinski definition) is 7. The highest BCUT2D eigenvalue weighted by atomic mass is 16.4. The smallest absolute Gasteiger partial charge is 0.326 e. The molecule has 13 nitrogen and oxygen atoms in total. The van der Waals surface area contributed by atoms with Gasteiger partial charge < -0.3 is 43.4 Å². The van der Waals surface area contributed by atoms with Gasteiger partial charge in [0.2, 0.25) is 17.7 Å². The maximum Gasteiger partial charge on any atom is 0.326 e. The highest BCUT2D eigenvalue weighted by Gasteiger charge is 2.28. The number of aliphatic hydroxyl groups excluding tert-OH is 1. The summed E-state index contributed by atoms with van der Waals surface area (Å²) in [6.07, 6.45) is 0.593. The van der Waals surface area contributed by atoms with E-state index in [9.17, 15) is 29.4 Å². The Morgan fingerprint density at radius 1 is 0.971 bits per heavy atom. The van der Waals surface area contributed by atoms with Crippen LogP contribution in [0.25, 0.3) is 0 Å². The zero-order valence-electron chi connectivity index (χ0n) is 18.9. The van der Waals surface area contributed by atoms with Gasteiger partial charge in [0, 0.05) is 6.54 Å². The van der Waals surface area contributed by atoms with Crippen molar-refractivity contribution in [3.63, 3.8) is 0 Å². The van der Waals surface area contributed by atoms with Crippen LogP contribution in [0, 0.1) is 0 Å². The number of guanidine groups is 1. The van der Waals surface area contributed by atoms with Crippen molar-refractivity contribution in [2.45, 2.75) is 50.4 Å². The van der Waals surface area contributed by atoms with Crippen LogP contribution in [0.15, 0.2) is 35.3 Å². The molecule has 0 fully saturated rings. The van der Waals surface area contributed by atoms with E-state index in [1.54, 1.807) is 24.3 Å². The van der Waals surface area contributed by atoms with Crippen LogP contribution in [0.1, 0.15) is 25.3 Å². The molecule has 0 aromatic heterocycles. The molecule has 1 aromatic carbocycles. The summed E-state index contributed by atoms with van der Waals surface area (Å²) in [5.74, 6) is -3.62. The monoisotopic (exact) mass is 479 g/mol. The van der Waals surface area contributed by atoms with E-state index in [4.69, 9.17) is 17.2 Å².